The van der Waals surface area contributed by atoms with E-state index in [-0.39, 0.29) is 5.56 Å². The van der Waals surface area contributed by atoms with E-state index >= 15 is 0 Å². The molecule has 92 valence electrons. The quantitative estimate of drug-likeness (QED) is 0.904. The highest BCUT2D eigenvalue weighted by Gasteiger charge is 2.05. The second-order valence-corrected chi connectivity index (χ2v) is 4.27. The smallest absolute Gasteiger partial charge is 0.335 e. The van der Waals surface area contributed by atoms with Gasteiger partial charge in [0.25, 0.3) is 0 Å². The fourth-order valence-corrected chi connectivity index (χ4v) is 1.75. The number of carboxylic acid groups (broad SMARTS) is 1. The molecule has 2 aromatic carbocycles. The monoisotopic (exact) mass is 262 g/mol. The molecular formula is C14H11ClO3. The molecule has 3 nitrogen and oxygen atoms in total. The van der Waals surface area contributed by atoms with Crippen LogP contribution in [0.2, 0.25) is 5.02 Å². The summed E-state index contributed by atoms with van der Waals surface area (Å²) in [5.74, 6) is 0.131. The molecule has 0 aromatic heterocycles. The summed E-state index contributed by atoms with van der Waals surface area (Å²) < 4.78 is 5.57. The van der Waals surface area contributed by atoms with Crippen LogP contribution in [0, 0.1) is 6.92 Å². The van der Waals surface area contributed by atoms with Crippen molar-refractivity contribution >= 4 is 17.6 Å². The van der Waals surface area contributed by atoms with E-state index in [1.165, 1.54) is 12.1 Å². The van der Waals surface area contributed by atoms with Crippen LogP contribution >= 0.6 is 11.6 Å². The van der Waals surface area contributed by atoms with Gasteiger partial charge in [0.2, 0.25) is 0 Å². The topological polar surface area (TPSA) is 46.5 Å². The molecule has 0 amide bonds. The van der Waals surface area contributed by atoms with Gasteiger partial charge in [-0.25, -0.2) is 4.79 Å². The molecule has 0 fully saturated rings. The van der Waals surface area contributed by atoms with Gasteiger partial charge in [0, 0.05) is 0 Å². The van der Waals surface area contributed by atoms with Crippen molar-refractivity contribution in [1.82, 2.24) is 0 Å². The van der Waals surface area contributed by atoms with E-state index in [2.05, 4.69) is 0 Å². The molecule has 0 heterocycles. The van der Waals surface area contributed by atoms with Crippen molar-refractivity contribution in [2.75, 3.05) is 0 Å². The second kappa shape index (κ2) is 5.10. The summed E-state index contributed by atoms with van der Waals surface area (Å²) in [6.07, 6.45) is 0. The number of rotatable bonds is 3. The lowest BCUT2D eigenvalue weighted by atomic mass is 10.2. The van der Waals surface area contributed by atoms with Crippen LogP contribution in [0.3, 0.4) is 0 Å². The molecule has 1 N–H and O–H groups in total. The Bertz CT molecular complexity index is 576. The third kappa shape index (κ3) is 2.81. The number of hydrogen-bond acceptors (Lipinski definition) is 2. The molecule has 2 rings (SSSR count). The maximum Gasteiger partial charge on any atom is 0.335 e. The molecule has 0 aliphatic carbocycles. The first-order chi connectivity index (χ1) is 8.56. The first-order valence-corrected chi connectivity index (χ1v) is 5.71. The first-order valence-electron chi connectivity index (χ1n) is 5.33. The van der Waals surface area contributed by atoms with Crippen LogP contribution in [0.25, 0.3) is 0 Å². The lowest BCUT2D eigenvalue weighted by Crippen LogP contribution is -1.95. The molecule has 0 spiro atoms. The molecule has 0 unspecified atom stereocenters. The summed E-state index contributed by atoms with van der Waals surface area (Å²) in [5, 5.41) is 9.30. The Labute approximate surface area is 110 Å². The van der Waals surface area contributed by atoms with Crippen LogP contribution in [0.4, 0.5) is 0 Å². The molecule has 0 bridgehead atoms. The highest BCUT2D eigenvalue weighted by atomic mass is 35.5. The minimum atomic E-state index is -0.963. The predicted octanol–water partition coefficient (Wildman–Crippen LogP) is 4.14. The van der Waals surface area contributed by atoms with Crippen molar-refractivity contribution in [3.63, 3.8) is 0 Å². The number of ether oxygens (including phenoxy) is 1. The first kappa shape index (κ1) is 12.5. The maximum absolute atomic E-state index is 10.7. The van der Waals surface area contributed by atoms with E-state index in [1.54, 1.807) is 18.2 Å². The van der Waals surface area contributed by atoms with Crippen molar-refractivity contribution in [2.24, 2.45) is 0 Å². The standard InChI is InChI=1S/C14H11ClO3/c1-9-2-7-13(12(15)8-9)18-11-5-3-10(4-6-11)14(16)17/h2-8H,1H3,(H,16,17). The van der Waals surface area contributed by atoms with Crippen LogP contribution in [-0.4, -0.2) is 11.1 Å². The van der Waals surface area contributed by atoms with Gasteiger partial charge in [0.15, 0.2) is 0 Å². The molecule has 0 saturated heterocycles. The normalized spacial score (nSPS) is 10.1. The van der Waals surface area contributed by atoms with E-state index < -0.39 is 5.97 Å². The number of aromatic carboxylic acids is 1. The molecule has 2 aromatic rings. The number of carboxylic acids is 1. The third-order valence-corrected chi connectivity index (χ3v) is 2.71. The molecule has 0 saturated carbocycles. The van der Waals surface area contributed by atoms with Crippen molar-refractivity contribution in [3.8, 4) is 11.5 Å². The minimum Gasteiger partial charge on any atom is -0.478 e. The van der Waals surface area contributed by atoms with Crippen LogP contribution in [0.5, 0.6) is 11.5 Å². The predicted molar refractivity (Wildman–Crippen MR) is 69.7 cm³/mol. The van der Waals surface area contributed by atoms with E-state index in [0.29, 0.717) is 16.5 Å². The molecule has 18 heavy (non-hydrogen) atoms. The van der Waals surface area contributed by atoms with Crippen LogP contribution < -0.4 is 4.74 Å². The van der Waals surface area contributed by atoms with Crippen LogP contribution in [0.15, 0.2) is 42.5 Å². The van der Waals surface area contributed by atoms with Gasteiger partial charge < -0.3 is 9.84 Å². The third-order valence-electron chi connectivity index (χ3n) is 2.42. The summed E-state index contributed by atoms with van der Waals surface area (Å²) in [4.78, 5) is 10.7. The number of halogens is 1. The summed E-state index contributed by atoms with van der Waals surface area (Å²) >= 11 is 6.04. The summed E-state index contributed by atoms with van der Waals surface area (Å²) in [7, 11) is 0. The molecule has 0 aliphatic heterocycles. The molecule has 4 heteroatoms. The second-order valence-electron chi connectivity index (χ2n) is 3.87. The van der Waals surface area contributed by atoms with Gasteiger partial charge in [0.05, 0.1) is 10.6 Å². The number of aryl methyl sites for hydroxylation is 1. The van der Waals surface area contributed by atoms with Crippen molar-refractivity contribution < 1.29 is 14.6 Å². The van der Waals surface area contributed by atoms with E-state index in [4.69, 9.17) is 21.4 Å². The van der Waals surface area contributed by atoms with E-state index in [1.807, 2.05) is 19.1 Å². The summed E-state index contributed by atoms with van der Waals surface area (Å²) in [6, 6.07) is 11.6. The highest BCUT2D eigenvalue weighted by Crippen LogP contribution is 2.30. The van der Waals surface area contributed by atoms with Gasteiger partial charge in [-0.3, -0.25) is 0 Å². The summed E-state index contributed by atoms with van der Waals surface area (Å²) in [6.45, 7) is 1.94. The van der Waals surface area contributed by atoms with Gasteiger partial charge in [0.1, 0.15) is 11.5 Å². The zero-order chi connectivity index (χ0) is 13.1. The van der Waals surface area contributed by atoms with Crippen LogP contribution in [-0.2, 0) is 0 Å². The lowest BCUT2D eigenvalue weighted by molar-refractivity contribution is 0.0697. The number of carbonyl (C=O) groups is 1. The van der Waals surface area contributed by atoms with Gasteiger partial charge in [-0.05, 0) is 48.9 Å². The Hall–Kier alpha value is -2.00. The van der Waals surface area contributed by atoms with Gasteiger partial charge in [-0.2, -0.15) is 0 Å². The Kier molecular flexibility index (Phi) is 3.53. The zero-order valence-electron chi connectivity index (χ0n) is 9.68. The van der Waals surface area contributed by atoms with E-state index in [9.17, 15) is 4.79 Å². The average molecular weight is 263 g/mol. The lowest BCUT2D eigenvalue weighted by Gasteiger charge is -2.08. The van der Waals surface area contributed by atoms with E-state index in [0.717, 1.165) is 5.56 Å². The Morgan fingerprint density at radius 2 is 1.83 bits per heavy atom. The number of benzene rings is 2. The van der Waals surface area contributed by atoms with Crippen molar-refractivity contribution in [3.05, 3.63) is 58.6 Å². The van der Waals surface area contributed by atoms with Crippen molar-refractivity contribution in [2.45, 2.75) is 6.92 Å². The Morgan fingerprint density at radius 3 is 2.39 bits per heavy atom. The maximum atomic E-state index is 10.7. The largest absolute Gasteiger partial charge is 0.478 e. The minimum absolute atomic E-state index is 0.220. The fraction of sp³-hybridized carbons (Fsp3) is 0.0714. The SMILES string of the molecule is Cc1ccc(Oc2ccc(C(=O)O)cc2)c(Cl)c1. The Balaban J connectivity index is 2.21. The molecular weight excluding hydrogens is 252 g/mol. The molecule has 0 aliphatic rings. The van der Waals surface area contributed by atoms with Gasteiger partial charge >= 0.3 is 5.97 Å². The number of hydrogen-bond donors (Lipinski definition) is 1. The highest BCUT2D eigenvalue weighted by molar-refractivity contribution is 6.32. The van der Waals surface area contributed by atoms with Crippen LogP contribution in [0.1, 0.15) is 15.9 Å². The van der Waals surface area contributed by atoms with Crippen molar-refractivity contribution in [1.29, 1.82) is 0 Å². The summed E-state index contributed by atoms with van der Waals surface area (Å²) in [5.41, 5.74) is 1.27. The zero-order valence-corrected chi connectivity index (χ0v) is 10.4. The molecule has 0 atom stereocenters. The Morgan fingerprint density at radius 1 is 1.17 bits per heavy atom. The molecule has 0 radical (unpaired) electrons. The van der Waals surface area contributed by atoms with Gasteiger partial charge in [-0.1, -0.05) is 17.7 Å². The average Bonchev–Trinajstić information content (AvgIpc) is 2.33. The van der Waals surface area contributed by atoms with Gasteiger partial charge in [-0.15, -0.1) is 0 Å². The fourth-order valence-electron chi connectivity index (χ4n) is 1.48.